The smallest absolute Gasteiger partial charge is 0.130 e. The van der Waals surface area contributed by atoms with E-state index in [2.05, 4.69) is 17.4 Å². The van der Waals surface area contributed by atoms with Gasteiger partial charge >= 0.3 is 0 Å². The van der Waals surface area contributed by atoms with Gasteiger partial charge in [0.15, 0.2) is 0 Å². The molecule has 0 spiro atoms. The Kier molecular flexibility index (Phi) is 5.65. The van der Waals surface area contributed by atoms with E-state index >= 15 is 0 Å². The molecule has 3 rings (SSSR count). The van der Waals surface area contributed by atoms with Crippen molar-refractivity contribution >= 4 is 0 Å². The zero-order chi connectivity index (χ0) is 15.9. The highest BCUT2D eigenvalue weighted by Gasteiger charge is 2.11. The van der Waals surface area contributed by atoms with E-state index in [0.717, 1.165) is 12.3 Å². The van der Waals surface area contributed by atoms with Gasteiger partial charge in [0, 0.05) is 18.7 Å². The third-order valence-electron chi connectivity index (χ3n) is 4.41. The van der Waals surface area contributed by atoms with Crippen LogP contribution in [0.4, 0.5) is 4.39 Å². The van der Waals surface area contributed by atoms with Crippen LogP contribution in [0.1, 0.15) is 44.1 Å². The third-order valence-corrected chi connectivity index (χ3v) is 4.41. The third kappa shape index (κ3) is 5.07. The summed E-state index contributed by atoms with van der Waals surface area (Å²) in [5, 5.41) is 3.66. The number of benzene rings is 2. The lowest BCUT2D eigenvalue weighted by Crippen LogP contribution is -2.27. The second-order valence-electron chi connectivity index (χ2n) is 6.27. The fourth-order valence-electron chi connectivity index (χ4n) is 3.09. The second kappa shape index (κ2) is 8.11. The second-order valence-corrected chi connectivity index (χ2v) is 6.27. The quantitative estimate of drug-likeness (QED) is 0.743. The summed E-state index contributed by atoms with van der Waals surface area (Å²) < 4.78 is 18.8. The molecule has 0 aliphatic heterocycles. The number of halogens is 1. The highest BCUT2D eigenvalue weighted by atomic mass is 19.1. The van der Waals surface area contributed by atoms with Crippen LogP contribution in [0.5, 0.6) is 11.5 Å². The number of hydrogen-bond acceptors (Lipinski definition) is 2. The lowest BCUT2D eigenvalue weighted by molar-refractivity contribution is 0.458. The maximum atomic E-state index is 13.2. The maximum absolute atomic E-state index is 13.2. The van der Waals surface area contributed by atoms with Gasteiger partial charge in [-0.25, -0.2) is 4.39 Å². The molecule has 1 aliphatic rings. The SMILES string of the molecule is Fc1cccc(Oc2ccc(CNC3CCCCCC3)cc2)c1. The van der Waals surface area contributed by atoms with Crippen LogP contribution in [-0.4, -0.2) is 6.04 Å². The number of ether oxygens (including phenoxy) is 1. The van der Waals surface area contributed by atoms with Gasteiger partial charge in [0.2, 0.25) is 0 Å². The number of rotatable bonds is 5. The molecule has 1 N–H and O–H groups in total. The molecule has 1 aliphatic carbocycles. The van der Waals surface area contributed by atoms with Crippen LogP contribution in [0, 0.1) is 5.82 Å². The Balaban J connectivity index is 1.52. The molecule has 0 heterocycles. The van der Waals surface area contributed by atoms with E-state index in [1.165, 1.54) is 56.2 Å². The topological polar surface area (TPSA) is 21.3 Å². The van der Waals surface area contributed by atoms with Crippen molar-refractivity contribution in [3.8, 4) is 11.5 Å². The Bertz CT molecular complexity index is 603. The Morgan fingerprint density at radius 3 is 2.35 bits per heavy atom. The van der Waals surface area contributed by atoms with Crippen LogP contribution in [0.3, 0.4) is 0 Å². The Labute approximate surface area is 137 Å². The molecular formula is C20H24FNO. The van der Waals surface area contributed by atoms with Crippen LogP contribution in [-0.2, 0) is 6.54 Å². The van der Waals surface area contributed by atoms with Crippen LogP contribution in [0.15, 0.2) is 48.5 Å². The molecule has 0 amide bonds. The molecule has 0 unspecified atom stereocenters. The largest absolute Gasteiger partial charge is 0.457 e. The number of hydrogen-bond donors (Lipinski definition) is 1. The summed E-state index contributed by atoms with van der Waals surface area (Å²) in [7, 11) is 0. The van der Waals surface area contributed by atoms with Gasteiger partial charge in [-0.15, -0.1) is 0 Å². The minimum atomic E-state index is -0.285. The van der Waals surface area contributed by atoms with Crippen molar-refractivity contribution in [2.75, 3.05) is 0 Å². The van der Waals surface area contributed by atoms with Crippen molar-refractivity contribution in [2.24, 2.45) is 0 Å². The molecule has 0 bridgehead atoms. The molecular weight excluding hydrogens is 289 g/mol. The summed E-state index contributed by atoms with van der Waals surface area (Å²) in [6.07, 6.45) is 8.03. The van der Waals surface area contributed by atoms with Crippen LogP contribution >= 0.6 is 0 Å². The van der Waals surface area contributed by atoms with Crippen LogP contribution in [0.2, 0.25) is 0 Å². The first-order chi connectivity index (χ1) is 11.3. The first-order valence-electron chi connectivity index (χ1n) is 8.55. The van der Waals surface area contributed by atoms with E-state index in [4.69, 9.17) is 4.74 Å². The van der Waals surface area contributed by atoms with Gasteiger partial charge in [-0.1, -0.05) is 43.9 Å². The Morgan fingerprint density at radius 1 is 0.913 bits per heavy atom. The maximum Gasteiger partial charge on any atom is 0.130 e. The molecule has 3 heteroatoms. The van der Waals surface area contributed by atoms with E-state index in [-0.39, 0.29) is 5.82 Å². The lowest BCUT2D eigenvalue weighted by Gasteiger charge is -2.16. The monoisotopic (exact) mass is 313 g/mol. The van der Waals surface area contributed by atoms with Gasteiger partial charge in [-0.05, 0) is 42.7 Å². The average molecular weight is 313 g/mol. The van der Waals surface area contributed by atoms with Crippen molar-refractivity contribution in [3.63, 3.8) is 0 Å². The van der Waals surface area contributed by atoms with Gasteiger partial charge in [0.1, 0.15) is 17.3 Å². The molecule has 0 saturated heterocycles. The van der Waals surface area contributed by atoms with Crippen molar-refractivity contribution in [2.45, 2.75) is 51.1 Å². The van der Waals surface area contributed by atoms with Crippen LogP contribution in [0.25, 0.3) is 0 Å². The highest BCUT2D eigenvalue weighted by Crippen LogP contribution is 2.22. The first-order valence-corrected chi connectivity index (χ1v) is 8.55. The molecule has 1 saturated carbocycles. The lowest BCUT2D eigenvalue weighted by atomic mass is 10.1. The first kappa shape index (κ1) is 16.0. The molecule has 122 valence electrons. The van der Waals surface area contributed by atoms with Crippen molar-refractivity contribution in [3.05, 3.63) is 59.9 Å². The summed E-state index contributed by atoms with van der Waals surface area (Å²) >= 11 is 0. The average Bonchev–Trinajstić information content (AvgIpc) is 2.83. The normalized spacial score (nSPS) is 16.0. The van der Waals surface area contributed by atoms with Crippen molar-refractivity contribution < 1.29 is 9.13 Å². The fourth-order valence-corrected chi connectivity index (χ4v) is 3.09. The predicted molar refractivity (Wildman–Crippen MR) is 91.2 cm³/mol. The fraction of sp³-hybridized carbons (Fsp3) is 0.400. The highest BCUT2D eigenvalue weighted by molar-refractivity contribution is 5.33. The van der Waals surface area contributed by atoms with E-state index < -0.39 is 0 Å². The summed E-state index contributed by atoms with van der Waals surface area (Å²) in [5.41, 5.74) is 1.25. The molecule has 2 aromatic rings. The molecule has 2 aromatic carbocycles. The van der Waals surface area contributed by atoms with Gasteiger partial charge in [0.25, 0.3) is 0 Å². The van der Waals surface area contributed by atoms with E-state index in [9.17, 15) is 4.39 Å². The Hall–Kier alpha value is -1.87. The molecule has 0 radical (unpaired) electrons. The molecule has 23 heavy (non-hydrogen) atoms. The minimum absolute atomic E-state index is 0.285. The predicted octanol–water partition coefficient (Wildman–Crippen LogP) is 5.43. The summed E-state index contributed by atoms with van der Waals surface area (Å²) in [6, 6.07) is 14.9. The van der Waals surface area contributed by atoms with Crippen LogP contribution < -0.4 is 10.1 Å². The summed E-state index contributed by atoms with van der Waals surface area (Å²) in [6.45, 7) is 0.894. The zero-order valence-corrected chi connectivity index (χ0v) is 13.4. The zero-order valence-electron chi connectivity index (χ0n) is 13.4. The molecule has 2 nitrogen and oxygen atoms in total. The van der Waals surface area contributed by atoms with E-state index in [0.29, 0.717) is 11.8 Å². The molecule has 1 fully saturated rings. The minimum Gasteiger partial charge on any atom is -0.457 e. The Morgan fingerprint density at radius 2 is 1.65 bits per heavy atom. The summed E-state index contributed by atoms with van der Waals surface area (Å²) in [5.74, 6) is 0.967. The molecule has 0 aromatic heterocycles. The van der Waals surface area contributed by atoms with Gasteiger partial charge < -0.3 is 10.1 Å². The van der Waals surface area contributed by atoms with E-state index in [1.807, 2.05) is 12.1 Å². The van der Waals surface area contributed by atoms with Gasteiger partial charge in [-0.3, -0.25) is 0 Å². The van der Waals surface area contributed by atoms with Gasteiger partial charge in [-0.2, -0.15) is 0 Å². The molecule has 0 atom stereocenters. The van der Waals surface area contributed by atoms with Crippen molar-refractivity contribution in [1.29, 1.82) is 0 Å². The van der Waals surface area contributed by atoms with Crippen molar-refractivity contribution in [1.82, 2.24) is 5.32 Å². The van der Waals surface area contributed by atoms with E-state index in [1.54, 1.807) is 12.1 Å². The van der Waals surface area contributed by atoms with Gasteiger partial charge in [0.05, 0.1) is 0 Å². The standard InChI is InChI=1S/C20H24FNO/c21-17-6-5-9-20(14-17)23-19-12-10-16(11-13-19)15-22-18-7-3-1-2-4-8-18/h5-6,9-14,18,22H,1-4,7-8,15H2. The number of nitrogens with one attached hydrogen (secondary N) is 1. The summed E-state index contributed by atoms with van der Waals surface area (Å²) in [4.78, 5) is 0.